The summed E-state index contributed by atoms with van der Waals surface area (Å²) in [6.07, 6.45) is 1.26. The maximum atomic E-state index is 13.2. The van der Waals surface area contributed by atoms with Crippen LogP contribution in [0.15, 0.2) is 36.4 Å². The molecule has 5 nitrogen and oxygen atoms in total. The number of carbonyl (C=O) groups is 1. The number of ether oxygens (including phenoxy) is 1. The van der Waals surface area contributed by atoms with Crippen LogP contribution in [0.5, 0.6) is 0 Å². The second-order valence-corrected chi connectivity index (χ2v) is 18.4. The van der Waals surface area contributed by atoms with Gasteiger partial charge in [0.2, 0.25) is 0 Å². The van der Waals surface area contributed by atoms with E-state index in [9.17, 15) is 4.79 Å². The quantitative estimate of drug-likeness (QED) is 0.299. The molecule has 202 valence electrons. The predicted molar refractivity (Wildman–Crippen MR) is 158 cm³/mol. The minimum absolute atomic E-state index is 0.0302. The Labute approximate surface area is 232 Å². The monoisotopic (exact) mass is 562 g/mol. The molecule has 1 amide bonds. The number of nitrogens with zero attached hydrogens (tertiary/aromatic N) is 2. The van der Waals surface area contributed by atoms with Crippen LogP contribution >= 0.6 is 23.2 Å². The molecule has 0 N–H and O–H groups in total. The van der Waals surface area contributed by atoms with Gasteiger partial charge in [0.05, 0.1) is 18.7 Å². The fourth-order valence-electron chi connectivity index (χ4n) is 4.92. The number of amides is 1. The van der Waals surface area contributed by atoms with E-state index < -0.39 is 13.9 Å². The Balaban J connectivity index is 1.85. The molecule has 1 aliphatic heterocycles. The van der Waals surface area contributed by atoms with E-state index in [0.717, 1.165) is 34.6 Å². The molecule has 2 atom stereocenters. The van der Waals surface area contributed by atoms with Crippen molar-refractivity contribution < 1.29 is 14.0 Å². The number of fused-ring (bicyclic) bond motifs is 3. The Bertz CT molecular complexity index is 1250. The van der Waals surface area contributed by atoms with E-state index in [0.29, 0.717) is 23.1 Å². The van der Waals surface area contributed by atoms with Crippen LogP contribution < -0.4 is 0 Å². The van der Waals surface area contributed by atoms with Crippen molar-refractivity contribution in [1.29, 1.82) is 0 Å². The summed E-state index contributed by atoms with van der Waals surface area (Å²) in [5.41, 5.74) is 1.65. The van der Waals surface area contributed by atoms with Crippen molar-refractivity contribution in [3.63, 3.8) is 0 Å². The number of halogens is 2. The van der Waals surface area contributed by atoms with Gasteiger partial charge in [-0.05, 0) is 88.1 Å². The van der Waals surface area contributed by atoms with E-state index >= 15 is 0 Å². The summed E-state index contributed by atoms with van der Waals surface area (Å²) in [4.78, 5) is 15.0. The zero-order valence-electron chi connectivity index (χ0n) is 23.3. The third-order valence-corrected chi connectivity index (χ3v) is 12.7. The fourth-order valence-corrected chi connectivity index (χ4v) is 6.61. The maximum Gasteiger partial charge on any atom is 0.410 e. The molecule has 0 aliphatic carbocycles. The van der Waals surface area contributed by atoms with Crippen molar-refractivity contribution >= 4 is 59.4 Å². The molecule has 0 spiro atoms. The van der Waals surface area contributed by atoms with Crippen LogP contribution in [0.3, 0.4) is 0 Å². The first-order valence-electron chi connectivity index (χ1n) is 13.1. The van der Waals surface area contributed by atoms with E-state index in [-0.39, 0.29) is 23.3 Å². The second kappa shape index (κ2) is 10.1. The molecule has 1 fully saturated rings. The van der Waals surface area contributed by atoms with Gasteiger partial charge in [-0.1, -0.05) is 44.0 Å². The van der Waals surface area contributed by atoms with Gasteiger partial charge in [-0.2, -0.15) is 0 Å². The average Bonchev–Trinajstić information content (AvgIpc) is 2.91. The number of likely N-dealkylation sites (tertiary alicyclic amines) is 1. The summed E-state index contributed by atoms with van der Waals surface area (Å²) < 4.78 is 15.3. The average molecular weight is 564 g/mol. The molecule has 0 saturated carbocycles. The van der Waals surface area contributed by atoms with Gasteiger partial charge < -0.3 is 18.6 Å². The molecule has 1 aliphatic rings. The molecular formula is C29H40Cl2N2O3Si. The second-order valence-electron chi connectivity index (χ2n) is 12.7. The molecule has 1 saturated heterocycles. The first-order chi connectivity index (χ1) is 17.1. The lowest BCUT2D eigenvalue weighted by Crippen LogP contribution is -2.50. The highest BCUT2D eigenvalue weighted by molar-refractivity contribution is 6.74. The predicted octanol–water partition coefficient (Wildman–Crippen LogP) is 9.06. The summed E-state index contributed by atoms with van der Waals surface area (Å²) in [6, 6.07) is 12.1. The molecule has 0 radical (unpaired) electrons. The van der Waals surface area contributed by atoms with Crippen molar-refractivity contribution in [1.82, 2.24) is 9.47 Å². The number of carbonyl (C=O) groups excluding carboxylic acids is 1. The van der Waals surface area contributed by atoms with Crippen molar-refractivity contribution in [3.8, 4) is 0 Å². The first kappa shape index (κ1) is 28.3. The summed E-state index contributed by atoms with van der Waals surface area (Å²) in [6.45, 7) is 18.1. The van der Waals surface area contributed by atoms with Gasteiger partial charge >= 0.3 is 6.09 Å². The lowest BCUT2D eigenvalue weighted by atomic mass is 10.1. The van der Waals surface area contributed by atoms with Gasteiger partial charge in [0.1, 0.15) is 5.60 Å². The zero-order chi connectivity index (χ0) is 27.3. The normalized spacial score (nSPS) is 19.9. The van der Waals surface area contributed by atoms with Gasteiger partial charge in [-0.25, -0.2) is 4.79 Å². The molecule has 37 heavy (non-hydrogen) atoms. The SMILES string of the molecule is CC(C)(C)OC(=O)N1CCC[C@@H](n2c3ccc(Cl)cc3c3cc(Cl)ccc32)C(O[Si](C)(C)C(C)(C)C)C1. The molecule has 2 heterocycles. The first-order valence-corrected chi connectivity index (χ1v) is 16.8. The van der Waals surface area contributed by atoms with Gasteiger partial charge in [-0.15, -0.1) is 0 Å². The van der Waals surface area contributed by atoms with Crippen LogP contribution in [-0.2, 0) is 9.16 Å². The largest absolute Gasteiger partial charge is 0.444 e. The topological polar surface area (TPSA) is 43.7 Å². The van der Waals surface area contributed by atoms with E-state index in [2.05, 4.69) is 50.6 Å². The summed E-state index contributed by atoms with van der Waals surface area (Å²) in [5.74, 6) is 0. The Morgan fingerprint density at radius 2 is 1.49 bits per heavy atom. The Morgan fingerprint density at radius 1 is 0.946 bits per heavy atom. The number of benzene rings is 2. The molecule has 1 unspecified atom stereocenters. The minimum atomic E-state index is -2.17. The third kappa shape index (κ3) is 5.98. The van der Waals surface area contributed by atoms with Crippen molar-refractivity contribution in [2.24, 2.45) is 0 Å². The summed E-state index contributed by atoms with van der Waals surface area (Å²) >= 11 is 12.9. The zero-order valence-corrected chi connectivity index (χ0v) is 25.8. The molecular weight excluding hydrogens is 523 g/mol. The molecule has 0 bridgehead atoms. The van der Waals surface area contributed by atoms with Crippen LogP contribution in [0, 0.1) is 0 Å². The van der Waals surface area contributed by atoms with E-state index in [4.69, 9.17) is 32.4 Å². The maximum absolute atomic E-state index is 13.2. The van der Waals surface area contributed by atoms with Crippen molar-refractivity contribution in [3.05, 3.63) is 46.4 Å². The van der Waals surface area contributed by atoms with E-state index in [1.807, 2.05) is 49.9 Å². The number of aromatic nitrogens is 1. The number of hydrogen-bond acceptors (Lipinski definition) is 3. The van der Waals surface area contributed by atoms with Crippen molar-refractivity contribution in [2.45, 2.75) is 90.3 Å². The van der Waals surface area contributed by atoms with Crippen LogP contribution in [-0.4, -0.2) is 48.7 Å². The summed E-state index contributed by atoms with van der Waals surface area (Å²) in [7, 11) is -2.17. The Kier molecular flexibility index (Phi) is 7.72. The van der Waals surface area contributed by atoms with E-state index in [1.54, 1.807) is 0 Å². The van der Waals surface area contributed by atoms with Crippen LogP contribution in [0.1, 0.15) is 60.4 Å². The number of rotatable bonds is 3. The molecule has 3 aromatic rings. The highest BCUT2D eigenvalue weighted by Crippen LogP contribution is 2.42. The van der Waals surface area contributed by atoms with Gasteiger partial charge in [0, 0.05) is 38.4 Å². The van der Waals surface area contributed by atoms with Gasteiger partial charge in [0.15, 0.2) is 8.32 Å². The Hall–Kier alpha value is -1.73. The minimum Gasteiger partial charge on any atom is -0.444 e. The highest BCUT2D eigenvalue weighted by atomic mass is 35.5. The lowest BCUT2D eigenvalue weighted by Gasteiger charge is -2.42. The Morgan fingerprint density at radius 3 is 1.97 bits per heavy atom. The van der Waals surface area contributed by atoms with Crippen LogP contribution in [0.4, 0.5) is 4.79 Å². The molecule has 1 aromatic heterocycles. The van der Waals surface area contributed by atoms with Crippen LogP contribution in [0.2, 0.25) is 28.2 Å². The van der Waals surface area contributed by atoms with Gasteiger partial charge in [-0.3, -0.25) is 0 Å². The van der Waals surface area contributed by atoms with E-state index in [1.165, 1.54) is 0 Å². The highest BCUT2D eigenvalue weighted by Gasteiger charge is 2.43. The molecule has 8 heteroatoms. The summed E-state index contributed by atoms with van der Waals surface area (Å²) in [5, 5.41) is 3.56. The number of hydrogen-bond donors (Lipinski definition) is 0. The van der Waals surface area contributed by atoms with Crippen LogP contribution in [0.25, 0.3) is 21.8 Å². The van der Waals surface area contributed by atoms with Gasteiger partial charge in [0.25, 0.3) is 0 Å². The van der Waals surface area contributed by atoms with Crippen molar-refractivity contribution in [2.75, 3.05) is 13.1 Å². The molecule has 2 aromatic carbocycles. The fraction of sp³-hybridized carbons (Fsp3) is 0.552. The smallest absolute Gasteiger partial charge is 0.410 e. The standard InChI is InChI=1S/C29H40Cl2N2O3Si/c1-28(2,3)35-27(34)32-15-9-10-25(26(18-32)36-37(7,8)29(4,5)6)33-23-13-11-19(30)16-21(23)22-17-20(31)12-14-24(22)33/h11-14,16-17,25-26H,9-10,15,18H2,1-8H3/t25-,26?/m1/s1. The molecule has 4 rings (SSSR count). The lowest BCUT2D eigenvalue weighted by molar-refractivity contribution is 0.0157. The third-order valence-electron chi connectivity index (χ3n) is 7.72.